The normalized spacial score (nSPS) is 14.2. The first-order chi connectivity index (χ1) is 19.0. The van der Waals surface area contributed by atoms with Crippen LogP contribution in [0.3, 0.4) is 0 Å². The van der Waals surface area contributed by atoms with E-state index in [9.17, 15) is 4.79 Å². The fourth-order valence-corrected chi connectivity index (χ4v) is 5.11. The quantitative estimate of drug-likeness (QED) is 0.253. The number of fused-ring (bicyclic) bond motifs is 3. The molecule has 4 aromatic rings. The van der Waals surface area contributed by atoms with E-state index >= 15 is 0 Å². The number of aryl methyl sites for hydroxylation is 2. The number of rotatable bonds is 9. The van der Waals surface area contributed by atoms with Gasteiger partial charge in [0.05, 0.1) is 27.4 Å². The summed E-state index contributed by atoms with van der Waals surface area (Å²) in [5.74, 6) is 1.41. The zero-order valence-electron chi connectivity index (χ0n) is 22.1. The lowest BCUT2D eigenvalue weighted by molar-refractivity contribution is -0.142. The molecule has 1 unspecified atom stereocenters. The van der Waals surface area contributed by atoms with E-state index in [1.165, 1.54) is 0 Å². The molecule has 0 bridgehead atoms. The van der Waals surface area contributed by atoms with E-state index in [1.54, 1.807) is 32.2 Å². The van der Waals surface area contributed by atoms with Gasteiger partial charge in [0.25, 0.3) is 0 Å². The molecule has 0 N–H and O–H groups in total. The lowest BCUT2D eigenvalue weighted by Gasteiger charge is -2.22. The molecule has 9 heteroatoms. The van der Waals surface area contributed by atoms with E-state index in [4.69, 9.17) is 30.5 Å². The number of carbonyl (C=O) groups is 1. The zero-order chi connectivity index (χ0) is 27.4. The van der Waals surface area contributed by atoms with Crippen molar-refractivity contribution in [1.82, 2.24) is 14.8 Å². The number of ether oxygens (including phenoxy) is 4. The van der Waals surface area contributed by atoms with Crippen molar-refractivity contribution in [2.45, 2.75) is 39.0 Å². The average molecular weight is 548 g/mol. The summed E-state index contributed by atoms with van der Waals surface area (Å²) in [4.78, 5) is 15.9. The molecule has 0 radical (unpaired) electrons. The Balaban J connectivity index is 1.40. The molecule has 1 atom stereocenters. The number of esters is 1. The van der Waals surface area contributed by atoms with Crippen molar-refractivity contribution in [3.8, 4) is 22.6 Å². The number of para-hydroxylation sites is 1. The molecule has 202 valence electrons. The predicted molar refractivity (Wildman–Crippen MR) is 147 cm³/mol. The number of hydrogen-bond acceptors (Lipinski definition) is 7. The molecule has 0 fully saturated rings. The van der Waals surface area contributed by atoms with Gasteiger partial charge in [0.1, 0.15) is 18.9 Å². The number of hydrogen-bond donors (Lipinski definition) is 0. The van der Waals surface area contributed by atoms with Crippen molar-refractivity contribution < 1.29 is 23.7 Å². The molecule has 0 saturated carbocycles. The monoisotopic (exact) mass is 547 g/mol. The molecule has 0 amide bonds. The van der Waals surface area contributed by atoms with Gasteiger partial charge in [0, 0.05) is 17.1 Å². The fraction of sp³-hybridized carbons (Fsp3) is 0.300. The van der Waals surface area contributed by atoms with Gasteiger partial charge in [-0.05, 0) is 59.4 Å². The molecule has 3 aromatic carbocycles. The summed E-state index contributed by atoms with van der Waals surface area (Å²) < 4.78 is 24.6. The van der Waals surface area contributed by atoms with Crippen molar-refractivity contribution in [2.24, 2.45) is 0 Å². The highest BCUT2D eigenvalue weighted by Gasteiger charge is 2.28. The van der Waals surface area contributed by atoms with Gasteiger partial charge < -0.3 is 18.9 Å². The van der Waals surface area contributed by atoms with Crippen molar-refractivity contribution in [2.75, 3.05) is 20.8 Å². The molecule has 1 aliphatic rings. The Morgan fingerprint density at radius 2 is 1.92 bits per heavy atom. The maximum atomic E-state index is 11.7. The Morgan fingerprint density at radius 3 is 2.72 bits per heavy atom. The van der Waals surface area contributed by atoms with Gasteiger partial charge in [-0.2, -0.15) is 5.10 Å². The highest BCUT2D eigenvalue weighted by atomic mass is 35.5. The van der Waals surface area contributed by atoms with E-state index < -0.39 is 6.10 Å². The maximum absolute atomic E-state index is 11.7. The SMILES string of the molecule is CCOC(=O)Cc1ncn(CCc2ccc3c(c2)COC(c2cccc(OC)c2OC)c2cc(Cl)ccc2-3)n1. The Morgan fingerprint density at radius 1 is 1.08 bits per heavy atom. The number of aromatic nitrogens is 3. The van der Waals surface area contributed by atoms with Gasteiger partial charge in [-0.25, -0.2) is 4.98 Å². The molecular formula is C30H30ClN3O5. The van der Waals surface area contributed by atoms with Crippen LogP contribution in [-0.4, -0.2) is 41.6 Å². The first-order valence-electron chi connectivity index (χ1n) is 12.8. The topological polar surface area (TPSA) is 84.7 Å². The maximum Gasteiger partial charge on any atom is 0.313 e. The third-order valence-electron chi connectivity index (χ3n) is 6.70. The summed E-state index contributed by atoms with van der Waals surface area (Å²) in [6.45, 7) is 3.16. The van der Waals surface area contributed by atoms with Gasteiger partial charge in [0.2, 0.25) is 0 Å². The lowest BCUT2D eigenvalue weighted by atomic mass is 9.90. The molecule has 0 saturated heterocycles. The first kappa shape index (κ1) is 26.7. The number of carbonyl (C=O) groups excluding carboxylic acids is 1. The molecular weight excluding hydrogens is 518 g/mol. The van der Waals surface area contributed by atoms with E-state index in [2.05, 4.69) is 28.3 Å². The molecule has 1 aromatic heterocycles. The second-order valence-corrected chi connectivity index (χ2v) is 9.59. The standard InChI is InChI=1S/C30H30ClN3O5/c1-4-38-28(35)16-27-32-18-34(33-27)13-12-19-8-10-22-20(14-19)17-39-29(25-15-21(31)9-11-23(22)25)24-6-5-7-26(36-2)30(24)37-3/h5-11,14-15,18,29H,4,12-13,16-17H2,1-3H3. The van der Waals surface area contributed by atoms with Gasteiger partial charge >= 0.3 is 5.97 Å². The van der Waals surface area contributed by atoms with Crippen molar-refractivity contribution >= 4 is 17.6 Å². The predicted octanol–water partition coefficient (Wildman–Crippen LogP) is 5.58. The van der Waals surface area contributed by atoms with E-state index in [0.29, 0.717) is 42.1 Å². The third kappa shape index (κ3) is 5.77. The summed E-state index contributed by atoms with van der Waals surface area (Å²) in [7, 11) is 3.26. The number of nitrogens with zero attached hydrogens (tertiary/aromatic N) is 3. The fourth-order valence-electron chi connectivity index (χ4n) is 4.93. The van der Waals surface area contributed by atoms with Crippen LogP contribution in [0.4, 0.5) is 0 Å². The van der Waals surface area contributed by atoms with E-state index in [-0.39, 0.29) is 12.4 Å². The lowest BCUT2D eigenvalue weighted by Crippen LogP contribution is -2.09. The molecule has 2 heterocycles. The second kappa shape index (κ2) is 11.9. The molecule has 39 heavy (non-hydrogen) atoms. The van der Waals surface area contributed by atoms with Gasteiger partial charge in [0.15, 0.2) is 17.3 Å². The smallest absolute Gasteiger partial charge is 0.313 e. The van der Waals surface area contributed by atoms with Gasteiger partial charge in [-0.3, -0.25) is 9.48 Å². The molecule has 5 rings (SSSR count). The minimum absolute atomic E-state index is 0.0691. The van der Waals surface area contributed by atoms with Crippen LogP contribution in [0.15, 0.2) is 60.9 Å². The summed E-state index contributed by atoms with van der Waals surface area (Å²) >= 11 is 6.46. The van der Waals surface area contributed by atoms with E-state index in [1.807, 2.05) is 36.4 Å². The van der Waals surface area contributed by atoms with Gasteiger partial charge in [-0.15, -0.1) is 0 Å². The highest BCUT2D eigenvalue weighted by Crippen LogP contribution is 2.45. The van der Waals surface area contributed by atoms with Crippen LogP contribution in [-0.2, 0) is 40.3 Å². The summed E-state index contributed by atoms with van der Waals surface area (Å²) in [6, 6.07) is 18.1. The number of methoxy groups -OCH3 is 2. The Labute approximate surface area is 232 Å². The Hall–Kier alpha value is -3.88. The molecule has 0 spiro atoms. The Kier molecular flexibility index (Phi) is 8.14. The van der Waals surface area contributed by atoms with Crippen LogP contribution in [0.25, 0.3) is 11.1 Å². The third-order valence-corrected chi connectivity index (χ3v) is 6.93. The van der Waals surface area contributed by atoms with Crippen molar-refractivity contribution in [1.29, 1.82) is 0 Å². The minimum atomic E-state index is -0.396. The molecule has 0 aliphatic carbocycles. The molecule has 8 nitrogen and oxygen atoms in total. The van der Waals surface area contributed by atoms with Crippen molar-refractivity contribution in [3.63, 3.8) is 0 Å². The largest absolute Gasteiger partial charge is 0.493 e. The summed E-state index contributed by atoms with van der Waals surface area (Å²) in [6.07, 6.45) is 2.07. The van der Waals surface area contributed by atoms with Crippen LogP contribution in [0.2, 0.25) is 5.02 Å². The van der Waals surface area contributed by atoms with Crippen LogP contribution in [0.1, 0.15) is 41.1 Å². The average Bonchev–Trinajstić information content (AvgIpc) is 3.32. The van der Waals surface area contributed by atoms with Crippen LogP contribution in [0, 0.1) is 0 Å². The second-order valence-electron chi connectivity index (χ2n) is 9.15. The zero-order valence-corrected chi connectivity index (χ0v) is 22.9. The van der Waals surface area contributed by atoms with E-state index in [0.717, 1.165) is 39.8 Å². The van der Waals surface area contributed by atoms with Gasteiger partial charge in [-0.1, -0.05) is 48.0 Å². The van der Waals surface area contributed by atoms with Crippen molar-refractivity contribution in [3.05, 3.63) is 94.0 Å². The first-order valence-corrected chi connectivity index (χ1v) is 13.2. The van der Waals surface area contributed by atoms with Crippen LogP contribution in [0.5, 0.6) is 11.5 Å². The highest BCUT2D eigenvalue weighted by molar-refractivity contribution is 6.30. The van der Waals surface area contributed by atoms with Crippen LogP contribution < -0.4 is 9.47 Å². The number of halogens is 1. The summed E-state index contributed by atoms with van der Waals surface area (Å²) in [5, 5.41) is 5.05. The molecule has 1 aliphatic heterocycles. The number of benzene rings is 3. The minimum Gasteiger partial charge on any atom is -0.493 e. The Bertz CT molecular complexity index is 1490. The van der Waals surface area contributed by atoms with Crippen LogP contribution >= 0.6 is 11.6 Å². The summed E-state index contributed by atoms with van der Waals surface area (Å²) in [5.41, 5.74) is 6.24.